The number of aromatic nitrogens is 1. The van der Waals surface area contributed by atoms with Gasteiger partial charge in [-0.05, 0) is 31.0 Å². The fraction of sp³-hybridized carbons (Fsp3) is 0.429. The van der Waals surface area contributed by atoms with Gasteiger partial charge in [0.05, 0.1) is 24.5 Å². The zero-order valence-electron chi connectivity index (χ0n) is 16.0. The van der Waals surface area contributed by atoms with Gasteiger partial charge in [0.1, 0.15) is 5.82 Å². The van der Waals surface area contributed by atoms with Crippen LogP contribution < -0.4 is 16.0 Å². The van der Waals surface area contributed by atoms with Crippen molar-refractivity contribution in [2.45, 2.75) is 18.9 Å². The first kappa shape index (κ1) is 18.7. The lowest BCUT2D eigenvalue weighted by Gasteiger charge is -2.29. The maximum Gasteiger partial charge on any atom is 0.137 e. The topological polar surface area (TPSA) is 96.5 Å². The second kappa shape index (κ2) is 8.58. The Bertz CT molecular complexity index is 829. The van der Waals surface area contributed by atoms with Crippen LogP contribution in [0.2, 0.25) is 0 Å². The largest absolute Gasteiger partial charge is 0.398 e. The molecule has 0 aliphatic carbocycles. The number of ether oxygens (including phenoxy) is 2. The van der Waals surface area contributed by atoms with E-state index in [1.807, 2.05) is 12.1 Å². The number of nitrogen functional groups attached to an aromatic ring is 1. The molecular weight excluding hydrogens is 354 g/mol. The van der Waals surface area contributed by atoms with E-state index in [2.05, 4.69) is 27.3 Å². The molecule has 2 aliphatic heterocycles. The van der Waals surface area contributed by atoms with E-state index in [0.717, 1.165) is 63.6 Å². The summed E-state index contributed by atoms with van der Waals surface area (Å²) in [5, 5.41) is 12.3. The van der Waals surface area contributed by atoms with E-state index in [1.165, 1.54) is 0 Å². The zero-order chi connectivity index (χ0) is 19.3. The van der Waals surface area contributed by atoms with E-state index in [9.17, 15) is 0 Å². The normalized spacial score (nSPS) is 18.1. The molecule has 4 N–H and O–H groups in total. The number of nitrogens with one attached hydrogen (secondary N) is 2. The van der Waals surface area contributed by atoms with Crippen LogP contribution >= 0.6 is 0 Å². The first-order valence-corrected chi connectivity index (χ1v) is 9.83. The molecule has 0 bridgehead atoms. The molecule has 2 aliphatic rings. The van der Waals surface area contributed by atoms with Gasteiger partial charge >= 0.3 is 0 Å². The third-order valence-electron chi connectivity index (χ3n) is 5.31. The molecule has 0 unspecified atom stereocenters. The minimum absolute atomic E-state index is 0.286. The Morgan fingerprint density at radius 3 is 2.64 bits per heavy atom. The molecule has 1 aromatic heterocycles. The predicted molar refractivity (Wildman–Crippen MR) is 112 cm³/mol. The van der Waals surface area contributed by atoms with Crippen LogP contribution in [-0.2, 0) is 9.47 Å². The number of pyridine rings is 1. The summed E-state index contributed by atoms with van der Waals surface area (Å²) in [6, 6.07) is 10.1. The Balaban J connectivity index is 1.60. The lowest BCUT2D eigenvalue weighted by atomic mass is 10.00. The van der Waals surface area contributed by atoms with Gasteiger partial charge in [0, 0.05) is 55.5 Å². The van der Waals surface area contributed by atoms with Crippen molar-refractivity contribution < 1.29 is 9.47 Å². The van der Waals surface area contributed by atoms with Gasteiger partial charge < -0.3 is 25.4 Å². The third kappa shape index (κ3) is 4.10. The van der Waals surface area contributed by atoms with Gasteiger partial charge in [-0.2, -0.15) is 0 Å². The maximum atomic E-state index is 8.85. The van der Waals surface area contributed by atoms with Crippen LogP contribution in [-0.4, -0.2) is 56.3 Å². The van der Waals surface area contributed by atoms with Crippen molar-refractivity contribution >= 4 is 22.9 Å². The first-order valence-electron chi connectivity index (χ1n) is 9.83. The maximum absolute atomic E-state index is 8.85. The summed E-state index contributed by atoms with van der Waals surface area (Å²) in [7, 11) is 0. The monoisotopic (exact) mass is 381 g/mol. The highest BCUT2D eigenvalue weighted by molar-refractivity contribution is 6.17. The average molecular weight is 381 g/mol. The fourth-order valence-electron chi connectivity index (χ4n) is 3.71. The number of anilines is 3. The highest BCUT2D eigenvalue weighted by Gasteiger charge is 2.20. The van der Waals surface area contributed by atoms with Crippen molar-refractivity contribution in [1.82, 2.24) is 4.98 Å². The molecule has 0 atom stereocenters. The Morgan fingerprint density at radius 2 is 1.86 bits per heavy atom. The summed E-state index contributed by atoms with van der Waals surface area (Å²) < 4.78 is 10.9. The second-order valence-electron chi connectivity index (χ2n) is 7.18. The summed E-state index contributed by atoms with van der Waals surface area (Å²) in [5.74, 6) is 0.675. The van der Waals surface area contributed by atoms with E-state index >= 15 is 0 Å². The predicted octanol–water partition coefficient (Wildman–Crippen LogP) is 2.51. The summed E-state index contributed by atoms with van der Waals surface area (Å²) >= 11 is 0. The van der Waals surface area contributed by atoms with E-state index < -0.39 is 0 Å². The molecular formula is C21H27N5O2. The third-order valence-corrected chi connectivity index (χ3v) is 5.31. The first-order chi connectivity index (χ1) is 13.7. The number of nitrogens with zero attached hydrogens (tertiary/aromatic N) is 2. The number of morpholine rings is 1. The molecule has 1 aromatic carbocycles. The van der Waals surface area contributed by atoms with Gasteiger partial charge in [0.25, 0.3) is 0 Å². The van der Waals surface area contributed by atoms with E-state index in [-0.39, 0.29) is 6.04 Å². The Labute approximate surface area is 165 Å². The van der Waals surface area contributed by atoms with Gasteiger partial charge in [-0.1, -0.05) is 12.1 Å². The van der Waals surface area contributed by atoms with Crippen LogP contribution in [0.1, 0.15) is 24.0 Å². The molecule has 2 aromatic rings. The van der Waals surface area contributed by atoms with Crippen LogP contribution in [0.4, 0.5) is 17.2 Å². The van der Waals surface area contributed by atoms with Crippen LogP contribution in [0, 0.1) is 5.41 Å². The van der Waals surface area contributed by atoms with E-state index in [1.54, 1.807) is 12.3 Å². The van der Waals surface area contributed by atoms with Crippen LogP contribution in [0.5, 0.6) is 0 Å². The van der Waals surface area contributed by atoms with Crippen LogP contribution in [0.3, 0.4) is 0 Å². The fourth-order valence-corrected chi connectivity index (χ4v) is 3.71. The van der Waals surface area contributed by atoms with Gasteiger partial charge in [-0.15, -0.1) is 0 Å². The molecule has 0 spiro atoms. The molecule has 7 nitrogen and oxygen atoms in total. The minimum Gasteiger partial charge on any atom is -0.398 e. The van der Waals surface area contributed by atoms with Crippen molar-refractivity contribution in [2.24, 2.45) is 0 Å². The molecule has 4 rings (SSSR count). The molecule has 2 fully saturated rings. The second-order valence-corrected chi connectivity index (χ2v) is 7.18. The van der Waals surface area contributed by atoms with E-state index in [4.69, 9.17) is 20.6 Å². The molecule has 0 amide bonds. The lowest BCUT2D eigenvalue weighted by Crippen LogP contribution is -2.36. The van der Waals surface area contributed by atoms with Crippen molar-refractivity contribution in [3.63, 3.8) is 0 Å². The van der Waals surface area contributed by atoms with Gasteiger partial charge in [-0.3, -0.25) is 5.41 Å². The molecule has 3 heterocycles. The molecule has 0 radical (unpaired) electrons. The summed E-state index contributed by atoms with van der Waals surface area (Å²) in [5.41, 5.74) is 9.82. The van der Waals surface area contributed by atoms with Gasteiger partial charge in [0.15, 0.2) is 0 Å². The van der Waals surface area contributed by atoms with Crippen molar-refractivity contribution in [2.75, 3.05) is 55.5 Å². The summed E-state index contributed by atoms with van der Waals surface area (Å²) in [6.07, 6.45) is 3.55. The minimum atomic E-state index is 0.286. The number of hydrogen-bond donors (Lipinski definition) is 3. The average Bonchev–Trinajstić information content (AvgIpc) is 2.75. The highest BCUT2D eigenvalue weighted by atomic mass is 16.5. The standard InChI is InChI=1S/C21H27N5O2/c22-18-4-7-24-21(25-16-5-10-27-11-6-16)19(18)20(23)15-2-1-3-17(14-15)26-8-12-28-13-9-26/h1-4,7,14,16,23H,5-6,8-13H2,(H3,22,24,25). The molecule has 7 heteroatoms. The van der Waals surface area contributed by atoms with Crippen molar-refractivity contribution in [3.05, 3.63) is 47.7 Å². The van der Waals surface area contributed by atoms with Crippen molar-refractivity contribution in [1.29, 1.82) is 5.41 Å². The Kier molecular flexibility index (Phi) is 5.73. The molecule has 28 heavy (non-hydrogen) atoms. The van der Waals surface area contributed by atoms with Crippen molar-refractivity contribution in [3.8, 4) is 0 Å². The number of hydrogen-bond acceptors (Lipinski definition) is 7. The Hall–Kier alpha value is -2.64. The smallest absolute Gasteiger partial charge is 0.137 e. The number of benzene rings is 1. The number of rotatable bonds is 5. The lowest BCUT2D eigenvalue weighted by molar-refractivity contribution is 0.0904. The van der Waals surface area contributed by atoms with E-state index in [0.29, 0.717) is 22.8 Å². The molecule has 0 saturated carbocycles. The SMILES string of the molecule is N=C(c1cccc(N2CCOCC2)c1)c1c(N)ccnc1NC1CCOCC1. The van der Waals surface area contributed by atoms with Crippen LogP contribution in [0.15, 0.2) is 36.5 Å². The number of nitrogens with two attached hydrogens (primary N) is 1. The van der Waals surface area contributed by atoms with Gasteiger partial charge in [-0.25, -0.2) is 4.98 Å². The van der Waals surface area contributed by atoms with Crippen LogP contribution in [0.25, 0.3) is 0 Å². The Morgan fingerprint density at radius 1 is 1.11 bits per heavy atom. The zero-order valence-corrected chi connectivity index (χ0v) is 16.0. The van der Waals surface area contributed by atoms with Gasteiger partial charge in [0.2, 0.25) is 0 Å². The molecule has 148 valence electrons. The summed E-state index contributed by atoms with van der Waals surface area (Å²) in [4.78, 5) is 6.78. The quantitative estimate of drug-likeness (QED) is 0.689. The highest BCUT2D eigenvalue weighted by Crippen LogP contribution is 2.27. The molecule has 2 saturated heterocycles. The summed E-state index contributed by atoms with van der Waals surface area (Å²) in [6.45, 7) is 4.68.